The molecule has 0 aliphatic heterocycles. The summed E-state index contributed by atoms with van der Waals surface area (Å²) in [6, 6.07) is 11.5. The molecule has 0 spiro atoms. The fourth-order valence-corrected chi connectivity index (χ4v) is 2.79. The maximum atomic E-state index is 14.7. The maximum absolute atomic E-state index is 14.7. The lowest BCUT2D eigenvalue weighted by Crippen LogP contribution is -2.12. The largest absolute Gasteiger partial charge is 0.456 e. The highest BCUT2D eigenvalue weighted by atomic mass is 19.1. The molecule has 0 unspecified atom stereocenters. The minimum Gasteiger partial charge on any atom is -0.456 e. The highest BCUT2D eigenvalue weighted by Crippen LogP contribution is 2.36. The summed E-state index contributed by atoms with van der Waals surface area (Å²) >= 11 is 0. The van der Waals surface area contributed by atoms with E-state index in [1.54, 1.807) is 18.2 Å². The molecule has 0 saturated heterocycles. The fraction of sp³-hybridized carbons (Fsp3) is 0.107. The second kappa shape index (κ2) is 10.7. The van der Waals surface area contributed by atoms with Gasteiger partial charge in [0.15, 0.2) is 11.5 Å². The van der Waals surface area contributed by atoms with Gasteiger partial charge in [-0.2, -0.15) is 0 Å². The zero-order valence-corrected chi connectivity index (χ0v) is 20.0. The molecule has 2 aromatic carbocycles. The van der Waals surface area contributed by atoms with Gasteiger partial charge in [-0.05, 0) is 63.2 Å². The predicted octanol–water partition coefficient (Wildman–Crippen LogP) is 6.20. The van der Waals surface area contributed by atoms with Crippen molar-refractivity contribution < 1.29 is 37.4 Å². The Labute approximate surface area is 207 Å². The van der Waals surface area contributed by atoms with Crippen molar-refractivity contribution in [1.82, 2.24) is 0 Å². The van der Waals surface area contributed by atoms with Gasteiger partial charge in [0.05, 0.1) is 5.56 Å². The number of halogens is 1. The van der Waals surface area contributed by atoms with Gasteiger partial charge < -0.3 is 18.6 Å². The molecule has 8 heteroatoms. The number of esters is 3. The molecule has 36 heavy (non-hydrogen) atoms. The third-order valence-electron chi connectivity index (χ3n) is 4.70. The highest BCUT2D eigenvalue weighted by Gasteiger charge is 2.18. The summed E-state index contributed by atoms with van der Waals surface area (Å²) in [5.74, 6) is -2.21. The van der Waals surface area contributed by atoms with Crippen molar-refractivity contribution in [2.24, 2.45) is 0 Å². The number of carbonyl (C=O) groups excluding carboxylic acids is 3. The number of carbonyl (C=O) groups is 3. The Morgan fingerprint density at radius 1 is 0.694 bits per heavy atom. The molecule has 0 radical (unpaired) electrons. The van der Waals surface area contributed by atoms with E-state index >= 15 is 0 Å². The number of rotatable bonds is 8. The second-order valence-electron chi connectivity index (χ2n) is 7.98. The van der Waals surface area contributed by atoms with E-state index in [-0.39, 0.29) is 45.3 Å². The zero-order valence-electron chi connectivity index (χ0n) is 20.0. The van der Waals surface area contributed by atoms with Crippen molar-refractivity contribution in [3.05, 3.63) is 90.8 Å². The number of hydrogen-bond donors (Lipinski definition) is 0. The topological polar surface area (TPSA) is 92.0 Å². The van der Waals surface area contributed by atoms with Crippen LogP contribution < -0.4 is 14.2 Å². The van der Waals surface area contributed by atoms with Crippen molar-refractivity contribution >= 4 is 17.9 Å². The van der Waals surface area contributed by atoms with Gasteiger partial charge >= 0.3 is 17.9 Å². The van der Waals surface area contributed by atoms with E-state index in [4.69, 9.17) is 18.6 Å². The Morgan fingerprint density at radius 2 is 1.25 bits per heavy atom. The van der Waals surface area contributed by atoms with E-state index in [0.29, 0.717) is 11.3 Å². The third-order valence-corrected chi connectivity index (χ3v) is 4.70. The van der Waals surface area contributed by atoms with Crippen molar-refractivity contribution in [3.63, 3.8) is 0 Å². The van der Waals surface area contributed by atoms with Crippen LogP contribution in [0.2, 0.25) is 0 Å². The summed E-state index contributed by atoms with van der Waals surface area (Å²) in [4.78, 5) is 35.7. The van der Waals surface area contributed by atoms with Gasteiger partial charge in [0.25, 0.3) is 0 Å². The molecule has 3 aromatic rings. The zero-order chi connectivity index (χ0) is 26.6. The van der Waals surface area contributed by atoms with Gasteiger partial charge in [-0.1, -0.05) is 19.7 Å². The minimum atomic E-state index is -0.714. The van der Waals surface area contributed by atoms with Crippen LogP contribution in [-0.4, -0.2) is 17.9 Å². The lowest BCUT2D eigenvalue weighted by atomic mass is 10.1. The Bertz CT molecular complexity index is 1410. The van der Waals surface area contributed by atoms with E-state index in [9.17, 15) is 18.8 Å². The Kier molecular flexibility index (Phi) is 7.69. The van der Waals surface area contributed by atoms with Crippen LogP contribution in [0, 0.1) is 5.82 Å². The van der Waals surface area contributed by atoms with Crippen LogP contribution in [0.5, 0.6) is 17.2 Å². The van der Waals surface area contributed by atoms with Gasteiger partial charge in [-0.3, -0.25) is 0 Å². The molecule has 0 aliphatic rings. The van der Waals surface area contributed by atoms with Crippen LogP contribution in [0.25, 0.3) is 22.6 Å². The van der Waals surface area contributed by atoms with E-state index in [0.717, 1.165) is 6.07 Å². The summed E-state index contributed by atoms with van der Waals surface area (Å²) in [5.41, 5.74) is 1.09. The molecular weight excluding hydrogens is 467 g/mol. The van der Waals surface area contributed by atoms with E-state index in [2.05, 4.69) is 19.7 Å². The number of ether oxygens (including phenoxy) is 3. The van der Waals surface area contributed by atoms with Crippen LogP contribution in [0.15, 0.2) is 89.4 Å². The second-order valence-corrected chi connectivity index (χ2v) is 7.98. The number of furan rings is 1. The van der Waals surface area contributed by atoms with Crippen molar-refractivity contribution in [3.8, 4) is 39.9 Å². The minimum absolute atomic E-state index is 0.000860. The lowest BCUT2D eigenvalue weighted by molar-refractivity contribution is -0.132. The Balaban J connectivity index is 1.92. The molecule has 0 atom stereocenters. The molecule has 0 N–H and O–H groups in total. The monoisotopic (exact) mass is 490 g/mol. The Hall–Kier alpha value is -4.72. The third kappa shape index (κ3) is 6.04. The maximum Gasteiger partial charge on any atom is 0.338 e. The van der Waals surface area contributed by atoms with Gasteiger partial charge in [0.2, 0.25) is 0 Å². The van der Waals surface area contributed by atoms with Crippen LogP contribution in [0.1, 0.15) is 20.8 Å². The summed E-state index contributed by atoms with van der Waals surface area (Å²) < 4.78 is 36.2. The molecule has 0 bridgehead atoms. The van der Waals surface area contributed by atoms with Crippen molar-refractivity contribution in [2.45, 2.75) is 20.8 Å². The molecule has 0 aliphatic carbocycles. The molecule has 0 amide bonds. The molecule has 1 heterocycles. The summed E-state index contributed by atoms with van der Waals surface area (Å²) in [5, 5.41) is 0. The van der Waals surface area contributed by atoms with Crippen LogP contribution in [-0.2, 0) is 14.4 Å². The van der Waals surface area contributed by atoms with Gasteiger partial charge in [-0.25, -0.2) is 18.8 Å². The van der Waals surface area contributed by atoms with E-state index in [1.165, 1.54) is 45.0 Å². The molecule has 7 nitrogen and oxygen atoms in total. The molecule has 3 rings (SSSR count). The van der Waals surface area contributed by atoms with Gasteiger partial charge in [-0.15, -0.1) is 0 Å². The first-order chi connectivity index (χ1) is 17.0. The summed E-state index contributed by atoms with van der Waals surface area (Å²) in [6.45, 7) is 15.0. The SMILES string of the molecule is C=C(C)C(=O)Oc1ccc(-c2ccc(-c3ccc(OC(=O)C(=C)C)c(OC(=O)C(=C)C)c3)o2)c(F)c1. The smallest absolute Gasteiger partial charge is 0.338 e. The predicted molar refractivity (Wildman–Crippen MR) is 131 cm³/mol. The van der Waals surface area contributed by atoms with Crippen molar-refractivity contribution in [1.29, 1.82) is 0 Å². The summed E-state index contributed by atoms with van der Waals surface area (Å²) in [6.07, 6.45) is 0. The van der Waals surface area contributed by atoms with Gasteiger partial charge in [0, 0.05) is 28.3 Å². The molecular formula is C28H23FO7. The van der Waals surface area contributed by atoms with Crippen molar-refractivity contribution in [2.75, 3.05) is 0 Å². The Morgan fingerprint density at radius 3 is 1.83 bits per heavy atom. The highest BCUT2D eigenvalue weighted by molar-refractivity contribution is 5.91. The summed E-state index contributed by atoms with van der Waals surface area (Å²) in [7, 11) is 0. The lowest BCUT2D eigenvalue weighted by Gasteiger charge is -2.12. The fourth-order valence-electron chi connectivity index (χ4n) is 2.79. The first-order valence-corrected chi connectivity index (χ1v) is 10.6. The van der Waals surface area contributed by atoms with Crippen LogP contribution in [0.3, 0.4) is 0 Å². The van der Waals surface area contributed by atoms with Crippen LogP contribution in [0.4, 0.5) is 4.39 Å². The molecule has 184 valence electrons. The number of benzene rings is 2. The quantitative estimate of drug-likeness (QED) is 0.211. The molecule has 0 saturated carbocycles. The first-order valence-electron chi connectivity index (χ1n) is 10.6. The van der Waals surface area contributed by atoms with E-state index in [1.807, 2.05) is 0 Å². The first kappa shape index (κ1) is 25.9. The standard InChI is InChI=1S/C28H23FO7/c1-15(2)26(30)33-19-8-9-20(21(29)14-19)23-12-11-22(34-23)18-7-10-24(35-27(31)16(3)4)25(13-18)36-28(32)17(5)6/h7-14H,1,3,5H2,2,4,6H3. The molecule has 1 aromatic heterocycles. The molecule has 0 fully saturated rings. The average molecular weight is 490 g/mol. The van der Waals surface area contributed by atoms with E-state index < -0.39 is 23.7 Å². The normalized spacial score (nSPS) is 10.3. The van der Waals surface area contributed by atoms with Gasteiger partial charge in [0.1, 0.15) is 23.1 Å². The number of hydrogen-bond acceptors (Lipinski definition) is 7. The average Bonchev–Trinajstić information content (AvgIpc) is 3.29. The van der Waals surface area contributed by atoms with Crippen LogP contribution >= 0.6 is 0 Å².